The summed E-state index contributed by atoms with van der Waals surface area (Å²) in [5.74, 6) is 0. The summed E-state index contributed by atoms with van der Waals surface area (Å²) in [5, 5.41) is 0. The first-order valence-electron chi connectivity index (χ1n) is 9.67. The van der Waals surface area contributed by atoms with Gasteiger partial charge in [-0.05, 0) is 0 Å². The van der Waals surface area contributed by atoms with Gasteiger partial charge in [-0.1, -0.05) is 0 Å². The van der Waals surface area contributed by atoms with Gasteiger partial charge in [-0.2, -0.15) is 0 Å². The average Bonchev–Trinajstić information content (AvgIpc) is 2.77. The molecule has 0 amide bonds. The standard InChI is InChI=1S/C8H10N.3C6H5.Sn/c1-9(2)8-6-4-3-5-7-8;3*1-2-4-6-5-3-1;/h3-4,6-7H,1-2H3;3*1-5H;. The van der Waals surface area contributed by atoms with E-state index in [2.05, 4.69) is 134 Å². The van der Waals surface area contributed by atoms with Gasteiger partial charge in [0.25, 0.3) is 0 Å². The molecule has 0 atom stereocenters. The van der Waals surface area contributed by atoms with Crippen LogP contribution in [0.15, 0.2) is 115 Å². The van der Waals surface area contributed by atoms with Gasteiger partial charge in [0, 0.05) is 0 Å². The van der Waals surface area contributed by atoms with E-state index in [-0.39, 0.29) is 0 Å². The first kappa shape index (κ1) is 18.8. The molecule has 4 rings (SSSR count). The summed E-state index contributed by atoms with van der Waals surface area (Å²) in [6.45, 7) is 0. The van der Waals surface area contributed by atoms with E-state index in [4.69, 9.17) is 0 Å². The van der Waals surface area contributed by atoms with Crippen molar-refractivity contribution in [1.29, 1.82) is 0 Å². The third-order valence-electron chi connectivity index (χ3n) is 5.42. The van der Waals surface area contributed by atoms with Gasteiger partial charge in [-0.25, -0.2) is 0 Å². The zero-order valence-electron chi connectivity index (χ0n) is 16.4. The molecular formula is C26H25NSn. The van der Waals surface area contributed by atoms with Crippen molar-refractivity contribution in [2.45, 2.75) is 0 Å². The van der Waals surface area contributed by atoms with Crippen molar-refractivity contribution in [2.24, 2.45) is 0 Å². The summed E-state index contributed by atoms with van der Waals surface area (Å²) in [4.78, 5) is 2.20. The molecule has 0 aliphatic carbocycles. The number of benzene rings is 4. The van der Waals surface area contributed by atoms with Gasteiger partial charge in [0.2, 0.25) is 0 Å². The van der Waals surface area contributed by atoms with Gasteiger partial charge < -0.3 is 0 Å². The van der Waals surface area contributed by atoms with Crippen LogP contribution in [0, 0.1) is 0 Å². The Hall–Kier alpha value is -2.52. The van der Waals surface area contributed by atoms with E-state index in [1.54, 1.807) is 0 Å². The van der Waals surface area contributed by atoms with Crippen molar-refractivity contribution < 1.29 is 0 Å². The molecular weight excluding hydrogens is 445 g/mol. The Balaban J connectivity index is 2.12. The van der Waals surface area contributed by atoms with Gasteiger partial charge >= 0.3 is 173 Å². The quantitative estimate of drug-likeness (QED) is 0.406. The zero-order valence-corrected chi connectivity index (χ0v) is 19.3. The van der Waals surface area contributed by atoms with E-state index in [9.17, 15) is 0 Å². The van der Waals surface area contributed by atoms with E-state index in [1.807, 2.05) is 0 Å². The van der Waals surface area contributed by atoms with Crippen LogP contribution in [0.2, 0.25) is 0 Å². The Morgan fingerprint density at radius 1 is 0.464 bits per heavy atom. The Morgan fingerprint density at radius 2 is 0.857 bits per heavy atom. The fraction of sp³-hybridized carbons (Fsp3) is 0.0769. The molecule has 0 spiro atoms. The fourth-order valence-corrected chi connectivity index (χ4v) is 17.7. The van der Waals surface area contributed by atoms with Crippen LogP contribution in [0.5, 0.6) is 0 Å². The fourth-order valence-electron chi connectivity index (χ4n) is 4.08. The summed E-state index contributed by atoms with van der Waals surface area (Å²) in [6.07, 6.45) is 0. The van der Waals surface area contributed by atoms with E-state index < -0.39 is 18.4 Å². The van der Waals surface area contributed by atoms with Gasteiger partial charge in [0.1, 0.15) is 0 Å². The molecule has 1 nitrogen and oxygen atoms in total. The Morgan fingerprint density at radius 3 is 1.25 bits per heavy atom. The number of hydrogen-bond donors (Lipinski definition) is 0. The van der Waals surface area contributed by atoms with Crippen LogP contribution >= 0.6 is 0 Å². The van der Waals surface area contributed by atoms with Crippen molar-refractivity contribution in [2.75, 3.05) is 19.0 Å². The van der Waals surface area contributed by atoms with Crippen molar-refractivity contribution in [1.82, 2.24) is 0 Å². The van der Waals surface area contributed by atoms with E-state index >= 15 is 0 Å². The van der Waals surface area contributed by atoms with Crippen molar-refractivity contribution in [3.05, 3.63) is 115 Å². The molecule has 4 aromatic carbocycles. The predicted molar refractivity (Wildman–Crippen MR) is 124 cm³/mol. The molecule has 138 valence electrons. The second-order valence-electron chi connectivity index (χ2n) is 7.29. The van der Waals surface area contributed by atoms with Crippen LogP contribution in [-0.2, 0) is 0 Å². The zero-order chi connectivity index (χ0) is 19.4. The van der Waals surface area contributed by atoms with Gasteiger partial charge in [0.15, 0.2) is 0 Å². The number of anilines is 1. The van der Waals surface area contributed by atoms with Crippen molar-refractivity contribution in [3.63, 3.8) is 0 Å². The molecule has 0 aromatic heterocycles. The molecule has 28 heavy (non-hydrogen) atoms. The summed E-state index contributed by atoms with van der Waals surface area (Å²) >= 11 is -3.44. The molecule has 0 radical (unpaired) electrons. The van der Waals surface area contributed by atoms with Crippen LogP contribution in [0.3, 0.4) is 0 Å². The Bertz CT molecular complexity index is 931. The monoisotopic (exact) mass is 471 g/mol. The van der Waals surface area contributed by atoms with Gasteiger partial charge in [-0.15, -0.1) is 0 Å². The van der Waals surface area contributed by atoms with E-state index in [1.165, 1.54) is 20.0 Å². The van der Waals surface area contributed by atoms with Crippen LogP contribution in [0.1, 0.15) is 0 Å². The van der Waals surface area contributed by atoms with E-state index in [0.29, 0.717) is 0 Å². The first-order chi connectivity index (χ1) is 13.7. The third kappa shape index (κ3) is 3.35. The Kier molecular flexibility index (Phi) is 5.54. The van der Waals surface area contributed by atoms with Crippen LogP contribution < -0.4 is 19.2 Å². The minimum absolute atomic E-state index is 1.25. The van der Waals surface area contributed by atoms with Crippen LogP contribution in [0.4, 0.5) is 5.69 Å². The number of rotatable bonds is 5. The second kappa shape index (κ2) is 8.24. The predicted octanol–water partition coefficient (Wildman–Crippen LogP) is 3.13. The molecule has 0 bridgehead atoms. The summed E-state index contributed by atoms with van der Waals surface area (Å²) in [7, 11) is 4.23. The molecule has 0 fully saturated rings. The SMILES string of the molecule is CN(C)c1ccc[c]([Sn]([c]2ccccc2)([c]2ccccc2)[c]2ccccc2)c1. The average molecular weight is 470 g/mol. The third-order valence-corrected chi connectivity index (χ3v) is 19.0. The number of nitrogens with zero attached hydrogens (tertiary/aromatic N) is 1. The summed E-state index contributed by atoms with van der Waals surface area (Å²) in [6, 6.07) is 42.6. The second-order valence-corrected chi connectivity index (χ2v) is 18.2. The Labute approximate surface area is 172 Å². The first-order valence-corrected chi connectivity index (χ1v) is 15.4. The molecule has 0 aliphatic rings. The molecule has 4 aromatic rings. The van der Waals surface area contributed by atoms with E-state index in [0.717, 1.165) is 0 Å². The van der Waals surface area contributed by atoms with Gasteiger partial charge in [0.05, 0.1) is 0 Å². The maximum atomic E-state index is 2.41. The molecule has 0 unspecified atom stereocenters. The normalized spacial score (nSPS) is 11.2. The molecule has 0 heterocycles. The molecule has 0 aliphatic heterocycles. The minimum atomic E-state index is -3.44. The van der Waals surface area contributed by atoms with Crippen LogP contribution in [0.25, 0.3) is 0 Å². The summed E-state index contributed by atoms with van der Waals surface area (Å²) in [5.41, 5.74) is 1.25. The number of hydrogen-bond acceptors (Lipinski definition) is 1. The van der Waals surface area contributed by atoms with Crippen LogP contribution in [-0.4, -0.2) is 32.5 Å². The topological polar surface area (TPSA) is 3.24 Å². The molecule has 0 saturated carbocycles. The maximum absolute atomic E-state index is 3.44. The van der Waals surface area contributed by atoms with Crippen molar-refractivity contribution in [3.8, 4) is 0 Å². The van der Waals surface area contributed by atoms with Crippen molar-refractivity contribution >= 4 is 38.4 Å². The van der Waals surface area contributed by atoms with Gasteiger partial charge in [-0.3, -0.25) is 0 Å². The molecule has 2 heteroatoms. The summed E-state index contributed by atoms with van der Waals surface area (Å²) < 4.78 is 5.91. The molecule has 0 saturated heterocycles. The molecule has 0 N–H and O–H groups in total.